The maximum Gasteiger partial charge on any atom is 0.226 e. The molecule has 7 heteroatoms. The molecule has 2 heterocycles. The Bertz CT molecular complexity index is 486. The number of carbonyl (C=O) groups excluding carboxylic acids is 2. The Morgan fingerprint density at radius 3 is 2.76 bits per heavy atom. The van der Waals surface area contributed by atoms with Crippen molar-refractivity contribution in [2.45, 2.75) is 38.0 Å². The minimum absolute atomic E-state index is 0.100. The molecule has 2 rings (SSSR count). The molecular weight excluding hydrogens is 310 g/mol. The molecule has 1 fully saturated rings. The molecular formula is C14H20ClN3O2S. The number of rotatable bonds is 6. The first-order valence-corrected chi connectivity index (χ1v) is 8.64. The molecule has 1 aromatic rings. The van der Waals surface area contributed by atoms with Crippen LogP contribution in [0.25, 0.3) is 0 Å². The predicted octanol–water partition coefficient (Wildman–Crippen LogP) is 1.94. The summed E-state index contributed by atoms with van der Waals surface area (Å²) < 4.78 is 0. The number of alkyl halides is 1. The molecule has 0 bridgehead atoms. The summed E-state index contributed by atoms with van der Waals surface area (Å²) >= 11 is 7.10. The fourth-order valence-electron chi connectivity index (χ4n) is 2.30. The van der Waals surface area contributed by atoms with Gasteiger partial charge in [-0.1, -0.05) is 0 Å². The van der Waals surface area contributed by atoms with Crippen LogP contribution in [0.15, 0.2) is 5.38 Å². The third kappa shape index (κ3) is 5.28. The Kier molecular flexibility index (Phi) is 6.45. The summed E-state index contributed by atoms with van der Waals surface area (Å²) in [5.74, 6) is 0.397. The van der Waals surface area contributed by atoms with Crippen molar-refractivity contribution < 1.29 is 9.59 Å². The lowest BCUT2D eigenvalue weighted by Gasteiger charge is -2.26. The second-order valence-corrected chi connectivity index (χ2v) is 6.29. The van der Waals surface area contributed by atoms with Crippen LogP contribution in [-0.4, -0.2) is 41.3 Å². The molecule has 0 aliphatic carbocycles. The Labute approximate surface area is 133 Å². The van der Waals surface area contributed by atoms with Crippen molar-refractivity contribution in [1.82, 2.24) is 15.2 Å². The molecule has 0 spiro atoms. The number of carbonyl (C=O) groups is 2. The molecule has 5 nitrogen and oxygen atoms in total. The first kappa shape index (κ1) is 16.2. The van der Waals surface area contributed by atoms with Crippen LogP contribution < -0.4 is 5.32 Å². The van der Waals surface area contributed by atoms with E-state index in [-0.39, 0.29) is 18.2 Å². The molecule has 2 amide bonds. The molecule has 0 atom stereocenters. The van der Waals surface area contributed by atoms with E-state index in [1.165, 1.54) is 17.8 Å². The zero-order valence-electron chi connectivity index (χ0n) is 11.9. The van der Waals surface area contributed by atoms with Gasteiger partial charge in [-0.05, 0) is 19.3 Å². The average molecular weight is 330 g/mol. The summed E-state index contributed by atoms with van der Waals surface area (Å²) in [5, 5.41) is 5.39. The van der Waals surface area contributed by atoms with E-state index in [4.69, 9.17) is 11.6 Å². The number of amides is 2. The molecule has 0 saturated carbocycles. The molecule has 0 radical (unpaired) electrons. The maximum atomic E-state index is 11.9. The van der Waals surface area contributed by atoms with Crippen LogP contribution in [0.1, 0.15) is 36.4 Å². The highest BCUT2D eigenvalue weighted by atomic mass is 35.5. The fraction of sp³-hybridized carbons (Fsp3) is 0.643. The molecule has 1 aromatic heterocycles. The number of piperidine rings is 1. The van der Waals surface area contributed by atoms with Gasteiger partial charge in [0, 0.05) is 31.4 Å². The lowest BCUT2D eigenvalue weighted by Crippen LogP contribution is -2.38. The SMILES string of the molecule is O=C(Cc1nc(CCl)cs1)NCCC(=O)N1CCCCC1. The van der Waals surface area contributed by atoms with Crippen molar-refractivity contribution in [1.29, 1.82) is 0 Å². The highest BCUT2D eigenvalue weighted by molar-refractivity contribution is 7.09. The van der Waals surface area contributed by atoms with Gasteiger partial charge in [-0.15, -0.1) is 22.9 Å². The summed E-state index contributed by atoms with van der Waals surface area (Å²) in [6.07, 6.45) is 4.00. The van der Waals surface area contributed by atoms with Gasteiger partial charge in [-0.25, -0.2) is 4.98 Å². The quantitative estimate of drug-likeness (QED) is 0.811. The van der Waals surface area contributed by atoms with E-state index in [9.17, 15) is 9.59 Å². The second-order valence-electron chi connectivity index (χ2n) is 5.08. The molecule has 21 heavy (non-hydrogen) atoms. The topological polar surface area (TPSA) is 62.3 Å². The van der Waals surface area contributed by atoms with Crippen LogP contribution in [0.5, 0.6) is 0 Å². The number of nitrogens with zero attached hydrogens (tertiary/aromatic N) is 2. The van der Waals surface area contributed by atoms with Gasteiger partial charge in [0.15, 0.2) is 0 Å². The Balaban J connectivity index is 1.65. The largest absolute Gasteiger partial charge is 0.355 e. The van der Waals surface area contributed by atoms with E-state index >= 15 is 0 Å². The van der Waals surface area contributed by atoms with E-state index in [0.717, 1.165) is 36.6 Å². The third-order valence-electron chi connectivity index (χ3n) is 3.42. The van der Waals surface area contributed by atoms with Crippen molar-refractivity contribution in [3.8, 4) is 0 Å². The number of nitrogens with one attached hydrogen (secondary N) is 1. The monoisotopic (exact) mass is 329 g/mol. The highest BCUT2D eigenvalue weighted by Crippen LogP contribution is 2.12. The summed E-state index contributed by atoms with van der Waals surface area (Å²) in [6, 6.07) is 0. The van der Waals surface area contributed by atoms with Crippen LogP contribution >= 0.6 is 22.9 Å². The number of halogens is 1. The zero-order chi connectivity index (χ0) is 15.1. The van der Waals surface area contributed by atoms with Crippen LogP contribution in [0, 0.1) is 0 Å². The third-order valence-corrected chi connectivity index (χ3v) is 4.59. The zero-order valence-corrected chi connectivity index (χ0v) is 13.5. The van der Waals surface area contributed by atoms with E-state index < -0.39 is 0 Å². The van der Waals surface area contributed by atoms with Crippen LogP contribution in [0.3, 0.4) is 0 Å². The van der Waals surface area contributed by atoms with Crippen molar-refractivity contribution >= 4 is 34.8 Å². The lowest BCUT2D eigenvalue weighted by atomic mass is 10.1. The summed E-state index contributed by atoms with van der Waals surface area (Å²) in [4.78, 5) is 29.8. The standard InChI is InChI=1S/C14H20ClN3O2S/c15-9-11-10-21-13(17-11)8-12(19)16-5-4-14(20)18-6-2-1-3-7-18/h10H,1-9H2,(H,16,19). The van der Waals surface area contributed by atoms with Crippen molar-refractivity contribution in [3.05, 3.63) is 16.1 Å². The van der Waals surface area contributed by atoms with Gasteiger partial charge in [-0.3, -0.25) is 9.59 Å². The van der Waals surface area contributed by atoms with Crippen molar-refractivity contribution in [2.24, 2.45) is 0 Å². The van der Waals surface area contributed by atoms with Gasteiger partial charge < -0.3 is 10.2 Å². The number of likely N-dealkylation sites (tertiary alicyclic amines) is 1. The Morgan fingerprint density at radius 1 is 1.33 bits per heavy atom. The molecule has 1 saturated heterocycles. The molecule has 1 aliphatic rings. The minimum Gasteiger partial charge on any atom is -0.355 e. The Hall–Kier alpha value is -1.14. The smallest absolute Gasteiger partial charge is 0.226 e. The van der Waals surface area contributed by atoms with Gasteiger partial charge in [0.2, 0.25) is 11.8 Å². The Morgan fingerprint density at radius 2 is 2.10 bits per heavy atom. The lowest BCUT2D eigenvalue weighted by molar-refractivity contribution is -0.132. The number of thiazole rings is 1. The van der Waals surface area contributed by atoms with Crippen molar-refractivity contribution in [3.63, 3.8) is 0 Å². The van der Waals surface area contributed by atoms with Crippen LogP contribution in [-0.2, 0) is 21.9 Å². The van der Waals surface area contributed by atoms with Gasteiger partial charge >= 0.3 is 0 Å². The van der Waals surface area contributed by atoms with E-state index in [2.05, 4.69) is 10.3 Å². The predicted molar refractivity (Wildman–Crippen MR) is 83.4 cm³/mol. The van der Waals surface area contributed by atoms with E-state index in [0.29, 0.717) is 18.8 Å². The average Bonchev–Trinajstić information content (AvgIpc) is 2.95. The summed E-state index contributed by atoms with van der Waals surface area (Å²) in [7, 11) is 0. The summed E-state index contributed by atoms with van der Waals surface area (Å²) in [5.41, 5.74) is 0.796. The fourth-order valence-corrected chi connectivity index (χ4v) is 3.32. The first-order valence-electron chi connectivity index (χ1n) is 7.23. The minimum atomic E-state index is -0.100. The number of hydrogen-bond acceptors (Lipinski definition) is 4. The summed E-state index contributed by atoms with van der Waals surface area (Å²) in [6.45, 7) is 2.10. The molecule has 0 aromatic carbocycles. The van der Waals surface area contributed by atoms with Crippen LogP contribution in [0.2, 0.25) is 0 Å². The second kappa shape index (κ2) is 8.34. The van der Waals surface area contributed by atoms with Crippen molar-refractivity contribution in [2.75, 3.05) is 19.6 Å². The molecule has 116 valence electrons. The number of hydrogen-bond donors (Lipinski definition) is 1. The van der Waals surface area contributed by atoms with Gasteiger partial charge in [0.25, 0.3) is 0 Å². The molecule has 1 aliphatic heterocycles. The van der Waals surface area contributed by atoms with Crippen LogP contribution in [0.4, 0.5) is 0 Å². The first-order chi connectivity index (χ1) is 10.2. The maximum absolute atomic E-state index is 11.9. The van der Waals surface area contributed by atoms with E-state index in [1.54, 1.807) is 0 Å². The number of aromatic nitrogens is 1. The van der Waals surface area contributed by atoms with Gasteiger partial charge in [0.1, 0.15) is 5.01 Å². The van der Waals surface area contributed by atoms with Gasteiger partial charge in [0.05, 0.1) is 18.0 Å². The molecule has 1 N–H and O–H groups in total. The van der Waals surface area contributed by atoms with Gasteiger partial charge in [-0.2, -0.15) is 0 Å². The normalized spacial score (nSPS) is 15.0. The molecule has 0 unspecified atom stereocenters. The highest BCUT2D eigenvalue weighted by Gasteiger charge is 2.16. The van der Waals surface area contributed by atoms with E-state index in [1.807, 2.05) is 10.3 Å².